The summed E-state index contributed by atoms with van der Waals surface area (Å²) in [4.78, 5) is 24.2. The number of carboxylic acid groups (broad SMARTS) is 1. The number of carboxylic acids is 1. The highest BCUT2D eigenvalue weighted by atomic mass is 32.1. The van der Waals surface area contributed by atoms with Crippen molar-refractivity contribution in [1.82, 2.24) is 5.32 Å². The number of hydrogen-bond acceptors (Lipinski definition) is 4. The number of aromatic carboxylic acids is 1. The third-order valence-electron chi connectivity index (χ3n) is 3.04. The smallest absolute Gasteiger partial charge is 0.349 e. The largest absolute Gasteiger partial charge is 0.479 e. The average molecular weight is 297 g/mol. The number of amides is 1. The summed E-state index contributed by atoms with van der Waals surface area (Å²) >= 11 is 1.22. The van der Waals surface area contributed by atoms with Crippen molar-refractivity contribution in [3.63, 3.8) is 0 Å². The van der Waals surface area contributed by atoms with Crippen LogP contribution in [0.5, 0.6) is 5.75 Å². The molecule has 0 aromatic carbocycles. The molecular formula is C14H19NO4S. The van der Waals surface area contributed by atoms with E-state index in [0.29, 0.717) is 5.75 Å². The predicted molar refractivity (Wildman–Crippen MR) is 76.5 cm³/mol. The number of hydrogen-bond donors (Lipinski definition) is 2. The minimum Gasteiger partial charge on any atom is -0.479 e. The molecule has 1 aromatic rings. The van der Waals surface area contributed by atoms with E-state index in [-0.39, 0.29) is 16.8 Å². The van der Waals surface area contributed by atoms with E-state index < -0.39 is 12.1 Å². The van der Waals surface area contributed by atoms with Crippen molar-refractivity contribution in [2.24, 2.45) is 0 Å². The second-order valence-electron chi connectivity index (χ2n) is 5.00. The highest BCUT2D eigenvalue weighted by Gasteiger charge is 2.27. The number of thiophene rings is 1. The van der Waals surface area contributed by atoms with E-state index in [1.807, 2.05) is 6.92 Å². The summed E-state index contributed by atoms with van der Waals surface area (Å²) in [5.74, 6) is -0.904. The Kier molecular flexibility index (Phi) is 4.65. The second kappa shape index (κ2) is 6.26. The molecule has 1 aliphatic carbocycles. The fourth-order valence-corrected chi connectivity index (χ4v) is 2.85. The number of carbonyl (C=O) groups is 2. The SMILES string of the molecule is CCCc1cc(OC(C)C(=O)NC2CC2)c(C(=O)O)s1. The summed E-state index contributed by atoms with van der Waals surface area (Å²) in [6.07, 6.45) is 3.10. The van der Waals surface area contributed by atoms with Gasteiger partial charge in [-0.05, 0) is 32.3 Å². The Morgan fingerprint density at radius 3 is 2.80 bits per heavy atom. The summed E-state index contributed by atoms with van der Waals surface area (Å²) < 4.78 is 5.54. The molecule has 110 valence electrons. The molecule has 1 aromatic heterocycles. The van der Waals surface area contributed by atoms with E-state index in [4.69, 9.17) is 4.74 Å². The van der Waals surface area contributed by atoms with E-state index in [9.17, 15) is 14.7 Å². The number of nitrogens with one attached hydrogen (secondary N) is 1. The van der Waals surface area contributed by atoms with Crippen molar-refractivity contribution in [3.05, 3.63) is 15.8 Å². The van der Waals surface area contributed by atoms with Crippen LogP contribution in [0, 0.1) is 0 Å². The molecule has 0 bridgehead atoms. The molecule has 0 radical (unpaired) electrons. The first-order chi connectivity index (χ1) is 9.51. The quantitative estimate of drug-likeness (QED) is 0.810. The van der Waals surface area contributed by atoms with Gasteiger partial charge in [-0.15, -0.1) is 11.3 Å². The van der Waals surface area contributed by atoms with Crippen LogP contribution >= 0.6 is 11.3 Å². The van der Waals surface area contributed by atoms with Gasteiger partial charge < -0.3 is 15.2 Å². The molecule has 1 amide bonds. The molecule has 0 aliphatic heterocycles. The average Bonchev–Trinajstić information content (AvgIpc) is 3.10. The van der Waals surface area contributed by atoms with Gasteiger partial charge in [0.15, 0.2) is 11.0 Å². The maximum absolute atomic E-state index is 11.8. The number of aryl methyl sites for hydroxylation is 1. The molecule has 1 heterocycles. The molecule has 2 rings (SSSR count). The van der Waals surface area contributed by atoms with Crippen LogP contribution in [0.25, 0.3) is 0 Å². The summed E-state index contributed by atoms with van der Waals surface area (Å²) in [6.45, 7) is 3.67. The first kappa shape index (κ1) is 14.8. The highest BCUT2D eigenvalue weighted by molar-refractivity contribution is 7.14. The van der Waals surface area contributed by atoms with Crippen molar-refractivity contribution in [3.8, 4) is 5.75 Å². The summed E-state index contributed by atoms with van der Waals surface area (Å²) in [5, 5.41) is 12.0. The van der Waals surface area contributed by atoms with Gasteiger partial charge in [0.05, 0.1) is 0 Å². The monoisotopic (exact) mass is 297 g/mol. The summed E-state index contributed by atoms with van der Waals surface area (Å²) in [7, 11) is 0. The third-order valence-corrected chi connectivity index (χ3v) is 4.20. The van der Waals surface area contributed by atoms with Crippen molar-refractivity contribution < 1.29 is 19.4 Å². The van der Waals surface area contributed by atoms with E-state index in [1.165, 1.54) is 11.3 Å². The molecule has 1 fully saturated rings. The van der Waals surface area contributed by atoms with E-state index in [2.05, 4.69) is 5.32 Å². The Labute approximate surface area is 121 Å². The maximum atomic E-state index is 11.8. The molecule has 0 spiro atoms. The zero-order valence-corrected chi connectivity index (χ0v) is 12.5. The maximum Gasteiger partial charge on any atom is 0.349 e. The third kappa shape index (κ3) is 3.72. The lowest BCUT2D eigenvalue weighted by Gasteiger charge is -2.13. The molecule has 0 saturated heterocycles. The van der Waals surface area contributed by atoms with Gasteiger partial charge in [-0.1, -0.05) is 13.3 Å². The van der Waals surface area contributed by atoms with Gasteiger partial charge >= 0.3 is 5.97 Å². The van der Waals surface area contributed by atoms with Crippen LogP contribution in [-0.2, 0) is 11.2 Å². The molecule has 5 nitrogen and oxygen atoms in total. The van der Waals surface area contributed by atoms with Gasteiger partial charge in [0.25, 0.3) is 5.91 Å². The Bertz CT molecular complexity index is 507. The predicted octanol–water partition coefficient (Wildman–Crippen LogP) is 2.44. The van der Waals surface area contributed by atoms with Crippen LogP contribution in [0.2, 0.25) is 0 Å². The van der Waals surface area contributed by atoms with Crippen molar-refractivity contribution >= 4 is 23.2 Å². The molecule has 20 heavy (non-hydrogen) atoms. The van der Waals surface area contributed by atoms with E-state index >= 15 is 0 Å². The number of ether oxygens (including phenoxy) is 1. The van der Waals surface area contributed by atoms with Crippen molar-refractivity contribution in [2.45, 2.75) is 51.7 Å². The standard InChI is InChI=1S/C14H19NO4S/c1-3-4-10-7-11(12(20-10)14(17)18)19-8(2)13(16)15-9-5-6-9/h7-9H,3-6H2,1-2H3,(H,15,16)(H,17,18). The van der Waals surface area contributed by atoms with E-state index in [1.54, 1.807) is 13.0 Å². The van der Waals surface area contributed by atoms with Crippen LogP contribution < -0.4 is 10.1 Å². The first-order valence-corrected chi connectivity index (χ1v) is 7.66. The lowest BCUT2D eigenvalue weighted by Crippen LogP contribution is -2.37. The molecular weight excluding hydrogens is 278 g/mol. The molecule has 1 saturated carbocycles. The van der Waals surface area contributed by atoms with Crippen molar-refractivity contribution in [1.29, 1.82) is 0 Å². The molecule has 2 N–H and O–H groups in total. The lowest BCUT2D eigenvalue weighted by molar-refractivity contribution is -0.127. The number of carbonyl (C=O) groups excluding carboxylic acids is 1. The van der Waals surface area contributed by atoms with Gasteiger partial charge in [0, 0.05) is 10.9 Å². The molecule has 6 heteroatoms. The minimum absolute atomic E-state index is 0.166. The van der Waals surface area contributed by atoms with Gasteiger partial charge in [-0.2, -0.15) is 0 Å². The van der Waals surface area contributed by atoms with Crippen LogP contribution in [0.3, 0.4) is 0 Å². The first-order valence-electron chi connectivity index (χ1n) is 6.84. The molecule has 1 aliphatic rings. The van der Waals surface area contributed by atoms with Crippen LogP contribution in [0.4, 0.5) is 0 Å². The normalized spacial score (nSPS) is 15.7. The van der Waals surface area contributed by atoms with Crippen LogP contribution in [0.1, 0.15) is 47.7 Å². The summed E-state index contributed by atoms with van der Waals surface area (Å²) in [6, 6.07) is 2.00. The zero-order chi connectivity index (χ0) is 14.7. The fraction of sp³-hybridized carbons (Fsp3) is 0.571. The van der Waals surface area contributed by atoms with Gasteiger partial charge in [0.1, 0.15) is 5.75 Å². The van der Waals surface area contributed by atoms with Crippen molar-refractivity contribution in [2.75, 3.05) is 0 Å². The van der Waals surface area contributed by atoms with E-state index in [0.717, 1.165) is 30.6 Å². The molecule has 1 atom stereocenters. The lowest BCUT2D eigenvalue weighted by atomic mass is 10.3. The van der Waals surface area contributed by atoms with Gasteiger partial charge in [-0.3, -0.25) is 4.79 Å². The number of rotatable bonds is 7. The Morgan fingerprint density at radius 1 is 1.55 bits per heavy atom. The Hall–Kier alpha value is -1.56. The molecule has 1 unspecified atom stereocenters. The van der Waals surface area contributed by atoms with Crippen LogP contribution in [-0.4, -0.2) is 29.1 Å². The zero-order valence-electron chi connectivity index (χ0n) is 11.6. The Balaban J connectivity index is 2.05. The minimum atomic E-state index is -1.01. The summed E-state index contributed by atoms with van der Waals surface area (Å²) in [5.41, 5.74) is 0. The van der Waals surface area contributed by atoms with Crippen LogP contribution in [0.15, 0.2) is 6.07 Å². The topological polar surface area (TPSA) is 75.6 Å². The highest BCUT2D eigenvalue weighted by Crippen LogP contribution is 2.31. The van der Waals surface area contributed by atoms with Gasteiger partial charge in [0.2, 0.25) is 0 Å². The fourth-order valence-electron chi connectivity index (χ4n) is 1.82. The second-order valence-corrected chi connectivity index (χ2v) is 6.14. The Morgan fingerprint density at radius 2 is 2.25 bits per heavy atom. The van der Waals surface area contributed by atoms with Gasteiger partial charge in [-0.25, -0.2) is 4.79 Å².